The first-order chi connectivity index (χ1) is 20.9. The molecule has 8 nitrogen and oxygen atoms in total. The molecule has 0 aromatic heterocycles. The minimum absolute atomic E-state index is 0.199. The molecule has 0 atom stereocenters. The first-order valence-corrected chi connectivity index (χ1v) is 15.0. The van der Waals surface area contributed by atoms with Gasteiger partial charge in [0.25, 0.3) is 17.7 Å². The summed E-state index contributed by atoms with van der Waals surface area (Å²) < 4.78 is 5.75. The van der Waals surface area contributed by atoms with E-state index in [2.05, 4.69) is 22.8 Å². The number of anilines is 2. The third-order valence-electron chi connectivity index (χ3n) is 9.51. The number of hydrogen-bond donors (Lipinski definition) is 2. The lowest BCUT2D eigenvalue weighted by atomic mass is 9.48. The molecule has 4 bridgehead atoms. The molecule has 43 heavy (non-hydrogen) atoms. The van der Waals surface area contributed by atoms with Crippen LogP contribution in [-0.4, -0.2) is 30.4 Å². The molecular formula is C35H33N3O5. The Morgan fingerprint density at radius 3 is 2.16 bits per heavy atom. The van der Waals surface area contributed by atoms with E-state index >= 15 is 0 Å². The van der Waals surface area contributed by atoms with Crippen LogP contribution >= 0.6 is 0 Å². The molecule has 3 aromatic carbocycles. The number of carbonyl (C=O) groups is 4. The lowest BCUT2D eigenvalue weighted by Crippen LogP contribution is -2.54. The first kappa shape index (κ1) is 27.1. The second kappa shape index (κ2) is 10.8. The Bertz CT molecular complexity index is 1590. The zero-order chi connectivity index (χ0) is 29.6. The van der Waals surface area contributed by atoms with Crippen molar-refractivity contribution >= 4 is 41.2 Å². The van der Waals surface area contributed by atoms with Crippen molar-refractivity contribution in [3.8, 4) is 5.75 Å². The van der Waals surface area contributed by atoms with Gasteiger partial charge in [-0.3, -0.25) is 19.7 Å². The van der Waals surface area contributed by atoms with Gasteiger partial charge in [0, 0.05) is 11.3 Å². The zero-order valence-electron chi connectivity index (χ0n) is 23.8. The van der Waals surface area contributed by atoms with Crippen LogP contribution in [0.2, 0.25) is 0 Å². The number of imide groups is 2. The van der Waals surface area contributed by atoms with Crippen molar-refractivity contribution in [1.82, 2.24) is 5.32 Å². The summed E-state index contributed by atoms with van der Waals surface area (Å²) in [5.74, 6) is 0.898. The highest BCUT2D eigenvalue weighted by Gasteiger charge is 2.51. The molecule has 8 heteroatoms. The van der Waals surface area contributed by atoms with Gasteiger partial charge in [-0.2, -0.15) is 0 Å². The summed E-state index contributed by atoms with van der Waals surface area (Å²) in [5.41, 5.74) is 2.77. The first-order valence-electron chi connectivity index (χ1n) is 15.0. The number of carbonyl (C=O) groups excluding carboxylic acids is 4. The van der Waals surface area contributed by atoms with Crippen molar-refractivity contribution in [1.29, 1.82) is 0 Å². The van der Waals surface area contributed by atoms with Crippen LogP contribution in [0.1, 0.15) is 49.7 Å². The van der Waals surface area contributed by atoms with Crippen molar-refractivity contribution < 1.29 is 23.9 Å². The highest BCUT2D eigenvalue weighted by Crippen LogP contribution is 2.60. The molecular weight excluding hydrogens is 542 g/mol. The number of amides is 5. The molecule has 5 aliphatic rings. The maximum atomic E-state index is 13.6. The maximum absolute atomic E-state index is 13.6. The smallest absolute Gasteiger partial charge is 0.335 e. The molecule has 4 saturated carbocycles. The number of nitrogens with zero attached hydrogens (tertiary/aromatic N) is 1. The van der Waals surface area contributed by atoms with Gasteiger partial charge in [-0.1, -0.05) is 48.5 Å². The van der Waals surface area contributed by atoms with Gasteiger partial charge in [-0.05, 0) is 104 Å². The Balaban J connectivity index is 1.10. The van der Waals surface area contributed by atoms with Gasteiger partial charge in [0.2, 0.25) is 0 Å². The van der Waals surface area contributed by atoms with Gasteiger partial charge in [0.1, 0.15) is 11.3 Å². The van der Waals surface area contributed by atoms with Crippen LogP contribution in [-0.2, 0) is 19.8 Å². The summed E-state index contributed by atoms with van der Waals surface area (Å²) in [7, 11) is 0. The Morgan fingerprint density at radius 2 is 1.49 bits per heavy atom. The van der Waals surface area contributed by atoms with E-state index in [4.69, 9.17) is 4.74 Å². The molecule has 4 aliphatic carbocycles. The summed E-state index contributed by atoms with van der Waals surface area (Å²) in [4.78, 5) is 52.8. The lowest BCUT2D eigenvalue weighted by Gasteiger charge is -2.57. The van der Waals surface area contributed by atoms with E-state index in [-0.39, 0.29) is 23.5 Å². The SMILES string of the molecule is O=C(COc1ccccc1C=C1C(=O)NC(=O)N(c2ccc(C34CC5CC(CC(C5)C3)C4)cc2)C1=O)Nc1ccccc1. The van der Waals surface area contributed by atoms with E-state index in [0.29, 0.717) is 22.7 Å². The zero-order valence-corrected chi connectivity index (χ0v) is 23.8. The summed E-state index contributed by atoms with van der Waals surface area (Å²) in [6.07, 6.45) is 9.13. The van der Waals surface area contributed by atoms with Crippen molar-refractivity contribution in [3.05, 3.63) is 95.6 Å². The predicted molar refractivity (Wildman–Crippen MR) is 162 cm³/mol. The molecule has 0 radical (unpaired) electrons. The van der Waals surface area contributed by atoms with Gasteiger partial charge in [-0.25, -0.2) is 9.69 Å². The minimum Gasteiger partial charge on any atom is -0.483 e. The number of ether oxygens (including phenoxy) is 1. The third kappa shape index (κ3) is 5.22. The summed E-state index contributed by atoms with van der Waals surface area (Å²) >= 11 is 0. The predicted octanol–water partition coefficient (Wildman–Crippen LogP) is 5.84. The number of rotatable bonds is 7. The molecule has 0 spiro atoms. The fourth-order valence-electron chi connectivity index (χ4n) is 8.07. The van der Waals surface area contributed by atoms with Gasteiger partial charge in [-0.15, -0.1) is 0 Å². The number of para-hydroxylation sites is 2. The van der Waals surface area contributed by atoms with Crippen LogP contribution in [0.25, 0.3) is 6.08 Å². The van der Waals surface area contributed by atoms with Crippen LogP contribution in [0.5, 0.6) is 5.75 Å². The molecule has 0 unspecified atom stereocenters. The standard InChI is InChI=1S/C35H33N3O5/c39-31(36-27-7-2-1-3-8-27)21-43-30-9-5-4-6-25(30)17-29-32(40)37-34(42)38(33(29)41)28-12-10-26(11-13-28)35-18-22-14-23(19-35)16-24(15-22)20-35/h1-13,17,22-24H,14-16,18-21H2,(H,36,39)(H,37,40,42). The topological polar surface area (TPSA) is 105 Å². The number of benzene rings is 3. The van der Waals surface area contributed by atoms with E-state index < -0.39 is 17.8 Å². The van der Waals surface area contributed by atoms with Crippen LogP contribution in [0.4, 0.5) is 16.2 Å². The van der Waals surface area contributed by atoms with Gasteiger partial charge in [0.05, 0.1) is 5.69 Å². The van der Waals surface area contributed by atoms with E-state index in [1.807, 2.05) is 30.3 Å². The van der Waals surface area contributed by atoms with Crippen LogP contribution in [0.15, 0.2) is 84.4 Å². The minimum atomic E-state index is -0.784. The molecule has 1 saturated heterocycles. The highest BCUT2D eigenvalue weighted by atomic mass is 16.5. The Morgan fingerprint density at radius 1 is 0.860 bits per heavy atom. The molecule has 1 heterocycles. The average Bonchev–Trinajstić information content (AvgIpc) is 2.99. The normalized spacial score (nSPS) is 26.9. The Kier molecular flexibility index (Phi) is 6.84. The molecule has 2 N–H and O–H groups in total. The van der Waals surface area contributed by atoms with Gasteiger partial charge >= 0.3 is 6.03 Å². The monoisotopic (exact) mass is 575 g/mol. The van der Waals surface area contributed by atoms with E-state index in [0.717, 1.165) is 22.7 Å². The van der Waals surface area contributed by atoms with E-state index in [1.54, 1.807) is 36.4 Å². The molecule has 5 amide bonds. The summed E-state index contributed by atoms with van der Waals surface area (Å²) in [6, 6.07) is 22.8. The largest absolute Gasteiger partial charge is 0.483 e. The number of hydrogen-bond acceptors (Lipinski definition) is 5. The second-order valence-electron chi connectivity index (χ2n) is 12.4. The summed E-state index contributed by atoms with van der Waals surface area (Å²) in [6.45, 7) is -0.268. The van der Waals surface area contributed by atoms with Crippen LogP contribution in [0.3, 0.4) is 0 Å². The summed E-state index contributed by atoms with van der Waals surface area (Å²) in [5, 5.41) is 5.06. The number of urea groups is 1. The molecule has 218 valence electrons. The molecule has 3 aromatic rings. The fourth-order valence-corrected chi connectivity index (χ4v) is 8.07. The number of barbiturate groups is 1. The fraction of sp³-hybridized carbons (Fsp3) is 0.314. The van der Waals surface area contributed by atoms with Gasteiger partial charge < -0.3 is 10.1 Å². The molecule has 1 aliphatic heterocycles. The Hall–Kier alpha value is -4.72. The van der Waals surface area contributed by atoms with Crippen molar-refractivity contribution in [2.45, 2.75) is 43.9 Å². The van der Waals surface area contributed by atoms with E-state index in [1.165, 1.54) is 50.2 Å². The maximum Gasteiger partial charge on any atom is 0.335 e. The van der Waals surface area contributed by atoms with Crippen molar-refractivity contribution in [2.75, 3.05) is 16.8 Å². The van der Waals surface area contributed by atoms with Crippen molar-refractivity contribution in [2.24, 2.45) is 17.8 Å². The second-order valence-corrected chi connectivity index (χ2v) is 12.4. The van der Waals surface area contributed by atoms with Crippen LogP contribution in [0, 0.1) is 17.8 Å². The van der Waals surface area contributed by atoms with Gasteiger partial charge in [0.15, 0.2) is 6.61 Å². The molecule has 8 rings (SSSR count). The molecule has 5 fully saturated rings. The van der Waals surface area contributed by atoms with Crippen molar-refractivity contribution in [3.63, 3.8) is 0 Å². The Labute approximate surface area is 250 Å². The van der Waals surface area contributed by atoms with E-state index in [9.17, 15) is 19.2 Å². The quantitative estimate of drug-likeness (QED) is 0.272. The highest BCUT2D eigenvalue weighted by molar-refractivity contribution is 6.39. The average molecular weight is 576 g/mol. The number of nitrogens with one attached hydrogen (secondary N) is 2. The lowest BCUT2D eigenvalue weighted by molar-refractivity contribution is -0.122. The third-order valence-corrected chi connectivity index (χ3v) is 9.51. The van der Waals surface area contributed by atoms with Crippen LogP contribution < -0.4 is 20.3 Å².